The molecule has 17 heavy (non-hydrogen) atoms. The van der Waals surface area contributed by atoms with Gasteiger partial charge in [0.15, 0.2) is 0 Å². The van der Waals surface area contributed by atoms with Crippen LogP contribution in [0, 0.1) is 13.8 Å². The molecule has 0 bridgehead atoms. The molecule has 0 aliphatic carbocycles. The molecule has 2 rings (SSSR count). The number of nitrogen functional groups attached to an aromatic ring is 1. The van der Waals surface area contributed by atoms with E-state index in [1.54, 1.807) is 0 Å². The summed E-state index contributed by atoms with van der Waals surface area (Å²) in [7, 11) is 0. The maximum absolute atomic E-state index is 6.10. The number of rotatable bonds is 2. The number of hydrogen-bond donors (Lipinski definition) is 1. The molecular formula is C14H14ClNO. The molecule has 0 atom stereocenters. The first-order chi connectivity index (χ1) is 8.08. The van der Waals surface area contributed by atoms with Crippen molar-refractivity contribution in [3.05, 3.63) is 52.5 Å². The molecule has 0 heterocycles. The zero-order chi connectivity index (χ0) is 12.4. The number of anilines is 1. The third-order valence-electron chi connectivity index (χ3n) is 2.56. The Balaban J connectivity index is 2.34. The number of aryl methyl sites for hydroxylation is 2. The van der Waals surface area contributed by atoms with Gasteiger partial charge < -0.3 is 10.5 Å². The molecule has 2 aromatic rings. The summed E-state index contributed by atoms with van der Waals surface area (Å²) in [6.07, 6.45) is 0. The number of halogens is 1. The quantitative estimate of drug-likeness (QED) is 0.802. The molecule has 3 heteroatoms. The summed E-state index contributed by atoms with van der Waals surface area (Å²) in [6, 6.07) is 11.2. The molecule has 88 valence electrons. The summed E-state index contributed by atoms with van der Waals surface area (Å²) in [4.78, 5) is 0. The Labute approximate surface area is 106 Å². The van der Waals surface area contributed by atoms with E-state index in [4.69, 9.17) is 22.1 Å². The molecule has 0 fully saturated rings. The van der Waals surface area contributed by atoms with Crippen LogP contribution in [0.1, 0.15) is 11.1 Å². The lowest BCUT2D eigenvalue weighted by Gasteiger charge is -2.11. The Morgan fingerprint density at radius 1 is 1.06 bits per heavy atom. The van der Waals surface area contributed by atoms with E-state index in [2.05, 4.69) is 0 Å². The molecule has 0 aliphatic rings. The van der Waals surface area contributed by atoms with Crippen molar-refractivity contribution < 1.29 is 4.74 Å². The minimum atomic E-state index is 0.623. The molecule has 0 amide bonds. The minimum absolute atomic E-state index is 0.623. The fourth-order valence-electron chi connectivity index (χ4n) is 1.67. The Morgan fingerprint density at radius 3 is 2.24 bits per heavy atom. The molecule has 0 aromatic heterocycles. The second-order valence-corrected chi connectivity index (χ2v) is 4.39. The van der Waals surface area contributed by atoms with Crippen LogP contribution in [0.4, 0.5) is 5.69 Å². The highest BCUT2D eigenvalue weighted by atomic mass is 35.5. The Hall–Kier alpha value is -1.67. The monoisotopic (exact) mass is 247 g/mol. The van der Waals surface area contributed by atoms with E-state index in [1.807, 2.05) is 50.2 Å². The topological polar surface area (TPSA) is 35.2 Å². The van der Waals surface area contributed by atoms with Crippen LogP contribution in [0.3, 0.4) is 0 Å². The van der Waals surface area contributed by atoms with Crippen LogP contribution >= 0.6 is 11.6 Å². The van der Waals surface area contributed by atoms with Gasteiger partial charge in [0.1, 0.15) is 11.5 Å². The third kappa shape index (κ3) is 2.53. The van der Waals surface area contributed by atoms with Gasteiger partial charge in [-0.2, -0.15) is 0 Å². The van der Waals surface area contributed by atoms with E-state index in [0.717, 1.165) is 21.9 Å². The number of nitrogens with two attached hydrogens (primary N) is 1. The molecule has 0 radical (unpaired) electrons. The van der Waals surface area contributed by atoms with Crippen LogP contribution in [-0.2, 0) is 0 Å². The number of ether oxygens (including phenoxy) is 1. The molecule has 2 N–H and O–H groups in total. The Kier molecular flexibility index (Phi) is 3.25. The molecule has 0 aliphatic heterocycles. The van der Waals surface area contributed by atoms with E-state index in [9.17, 15) is 0 Å². The first-order valence-corrected chi connectivity index (χ1v) is 5.75. The van der Waals surface area contributed by atoms with Crippen LogP contribution in [0.25, 0.3) is 0 Å². The lowest BCUT2D eigenvalue weighted by Crippen LogP contribution is -1.92. The van der Waals surface area contributed by atoms with Crippen LogP contribution in [0.5, 0.6) is 11.5 Å². The van der Waals surface area contributed by atoms with E-state index in [1.165, 1.54) is 0 Å². The zero-order valence-corrected chi connectivity index (χ0v) is 10.6. The molecule has 0 spiro atoms. The Bertz CT molecular complexity index is 529. The number of benzene rings is 2. The van der Waals surface area contributed by atoms with Gasteiger partial charge in [-0.3, -0.25) is 0 Å². The van der Waals surface area contributed by atoms with Gasteiger partial charge in [-0.15, -0.1) is 0 Å². The van der Waals surface area contributed by atoms with Gasteiger partial charge in [0.05, 0.1) is 5.69 Å². The molecule has 0 saturated carbocycles. The maximum atomic E-state index is 6.10. The van der Waals surface area contributed by atoms with Gasteiger partial charge in [-0.05, 0) is 49.2 Å². The van der Waals surface area contributed by atoms with E-state index in [0.29, 0.717) is 11.4 Å². The molecule has 2 aromatic carbocycles. The number of hydrogen-bond acceptors (Lipinski definition) is 2. The molecule has 0 unspecified atom stereocenters. The first kappa shape index (κ1) is 11.8. The average molecular weight is 248 g/mol. The summed E-state index contributed by atoms with van der Waals surface area (Å²) in [5.74, 6) is 1.41. The summed E-state index contributed by atoms with van der Waals surface area (Å²) >= 11 is 6.10. The van der Waals surface area contributed by atoms with Gasteiger partial charge in [0, 0.05) is 5.02 Å². The highest BCUT2D eigenvalue weighted by Gasteiger charge is 2.05. The average Bonchev–Trinajstić information content (AvgIpc) is 2.29. The SMILES string of the molecule is Cc1cc(Oc2ccccc2N)cc(C)c1Cl. The van der Waals surface area contributed by atoms with Crippen molar-refractivity contribution in [1.82, 2.24) is 0 Å². The lowest BCUT2D eigenvalue weighted by molar-refractivity contribution is 0.484. The van der Waals surface area contributed by atoms with E-state index < -0.39 is 0 Å². The van der Waals surface area contributed by atoms with Gasteiger partial charge in [-0.25, -0.2) is 0 Å². The third-order valence-corrected chi connectivity index (χ3v) is 3.15. The van der Waals surface area contributed by atoms with Crippen molar-refractivity contribution >= 4 is 17.3 Å². The fraction of sp³-hybridized carbons (Fsp3) is 0.143. The predicted octanol–water partition coefficient (Wildman–Crippen LogP) is 4.33. The van der Waals surface area contributed by atoms with Crippen molar-refractivity contribution in [2.45, 2.75) is 13.8 Å². The highest BCUT2D eigenvalue weighted by molar-refractivity contribution is 6.32. The largest absolute Gasteiger partial charge is 0.455 e. The van der Waals surface area contributed by atoms with Gasteiger partial charge in [-0.1, -0.05) is 23.7 Å². The van der Waals surface area contributed by atoms with Crippen molar-refractivity contribution in [3.63, 3.8) is 0 Å². The summed E-state index contributed by atoms with van der Waals surface area (Å²) in [6.45, 7) is 3.91. The van der Waals surface area contributed by atoms with Crippen molar-refractivity contribution in [2.24, 2.45) is 0 Å². The minimum Gasteiger partial charge on any atom is -0.455 e. The maximum Gasteiger partial charge on any atom is 0.150 e. The molecular weight excluding hydrogens is 234 g/mol. The second-order valence-electron chi connectivity index (χ2n) is 4.01. The van der Waals surface area contributed by atoms with Gasteiger partial charge in [0.25, 0.3) is 0 Å². The number of para-hydroxylation sites is 2. The van der Waals surface area contributed by atoms with E-state index in [-0.39, 0.29) is 0 Å². The van der Waals surface area contributed by atoms with Crippen molar-refractivity contribution in [3.8, 4) is 11.5 Å². The van der Waals surface area contributed by atoms with Gasteiger partial charge in [0.2, 0.25) is 0 Å². The first-order valence-electron chi connectivity index (χ1n) is 5.37. The fourth-order valence-corrected chi connectivity index (χ4v) is 1.77. The predicted molar refractivity (Wildman–Crippen MR) is 71.9 cm³/mol. The second kappa shape index (κ2) is 4.68. The summed E-state index contributed by atoms with van der Waals surface area (Å²) < 4.78 is 5.74. The van der Waals surface area contributed by atoms with Gasteiger partial charge >= 0.3 is 0 Å². The highest BCUT2D eigenvalue weighted by Crippen LogP contribution is 2.31. The van der Waals surface area contributed by atoms with Crippen molar-refractivity contribution in [1.29, 1.82) is 0 Å². The lowest BCUT2D eigenvalue weighted by atomic mass is 10.1. The van der Waals surface area contributed by atoms with Crippen LogP contribution < -0.4 is 10.5 Å². The Morgan fingerprint density at radius 2 is 1.65 bits per heavy atom. The smallest absolute Gasteiger partial charge is 0.150 e. The van der Waals surface area contributed by atoms with E-state index >= 15 is 0 Å². The van der Waals surface area contributed by atoms with Crippen LogP contribution in [0.2, 0.25) is 5.02 Å². The van der Waals surface area contributed by atoms with Crippen LogP contribution in [-0.4, -0.2) is 0 Å². The normalized spacial score (nSPS) is 10.3. The molecule has 2 nitrogen and oxygen atoms in total. The zero-order valence-electron chi connectivity index (χ0n) is 9.83. The summed E-state index contributed by atoms with van der Waals surface area (Å²) in [5.41, 5.74) is 8.44. The van der Waals surface area contributed by atoms with Crippen LogP contribution in [0.15, 0.2) is 36.4 Å². The molecule has 0 saturated heterocycles. The standard InChI is InChI=1S/C14H14ClNO/c1-9-7-11(8-10(2)14(9)15)17-13-6-4-3-5-12(13)16/h3-8H,16H2,1-2H3. The summed E-state index contributed by atoms with van der Waals surface area (Å²) in [5, 5.41) is 0.776. The van der Waals surface area contributed by atoms with Crippen molar-refractivity contribution in [2.75, 3.05) is 5.73 Å².